The van der Waals surface area contributed by atoms with Gasteiger partial charge in [-0.25, -0.2) is 0 Å². The third-order valence-electron chi connectivity index (χ3n) is 3.12. The van der Waals surface area contributed by atoms with Crippen LogP contribution in [0.25, 0.3) is 0 Å². The lowest BCUT2D eigenvalue weighted by atomic mass is 10.0. The van der Waals surface area contributed by atoms with Crippen molar-refractivity contribution in [1.29, 1.82) is 0 Å². The van der Waals surface area contributed by atoms with Gasteiger partial charge >= 0.3 is 0 Å². The fourth-order valence-corrected chi connectivity index (χ4v) is 1.85. The second kappa shape index (κ2) is 7.45. The van der Waals surface area contributed by atoms with Crippen LogP contribution in [0.5, 0.6) is 0 Å². The van der Waals surface area contributed by atoms with Crippen molar-refractivity contribution in [2.24, 2.45) is 0 Å². The summed E-state index contributed by atoms with van der Waals surface area (Å²) in [6, 6.07) is 9.44. The van der Waals surface area contributed by atoms with E-state index in [4.69, 9.17) is 0 Å². The normalized spacial score (nSPS) is 12.7. The first-order valence-corrected chi connectivity index (χ1v) is 6.60. The number of aryl methyl sites for hydroxylation is 1. The Labute approximate surface area is 100 Å². The van der Waals surface area contributed by atoms with Gasteiger partial charge < -0.3 is 5.32 Å². The van der Waals surface area contributed by atoms with Gasteiger partial charge in [-0.3, -0.25) is 0 Å². The molecular weight excluding hydrogens is 194 g/mol. The van der Waals surface area contributed by atoms with Crippen molar-refractivity contribution in [2.75, 3.05) is 6.54 Å². The van der Waals surface area contributed by atoms with Crippen molar-refractivity contribution in [2.45, 2.75) is 52.5 Å². The Kier molecular flexibility index (Phi) is 6.17. The van der Waals surface area contributed by atoms with Crippen LogP contribution in [-0.4, -0.2) is 6.54 Å². The highest BCUT2D eigenvalue weighted by molar-refractivity contribution is 5.24. The van der Waals surface area contributed by atoms with Crippen LogP contribution in [0.1, 0.15) is 57.2 Å². The molecule has 0 saturated heterocycles. The molecule has 0 fully saturated rings. The van der Waals surface area contributed by atoms with E-state index in [0.29, 0.717) is 6.04 Å². The highest BCUT2D eigenvalue weighted by Gasteiger charge is 2.03. The van der Waals surface area contributed by atoms with Gasteiger partial charge in [0.15, 0.2) is 0 Å². The second-order valence-corrected chi connectivity index (χ2v) is 4.48. The van der Waals surface area contributed by atoms with Crippen molar-refractivity contribution in [3.8, 4) is 0 Å². The molecule has 1 aromatic rings. The van der Waals surface area contributed by atoms with Crippen LogP contribution < -0.4 is 5.32 Å². The summed E-state index contributed by atoms with van der Waals surface area (Å²) in [6.45, 7) is 7.81. The summed E-state index contributed by atoms with van der Waals surface area (Å²) >= 11 is 0. The van der Waals surface area contributed by atoms with E-state index in [1.165, 1.54) is 30.4 Å². The Balaban J connectivity index is 2.37. The number of hydrogen-bond donors (Lipinski definition) is 1. The molecule has 0 aliphatic heterocycles. The van der Waals surface area contributed by atoms with Gasteiger partial charge in [0.25, 0.3) is 0 Å². The minimum Gasteiger partial charge on any atom is -0.310 e. The van der Waals surface area contributed by atoms with E-state index in [0.717, 1.165) is 13.0 Å². The fourth-order valence-electron chi connectivity index (χ4n) is 1.85. The Bertz CT molecular complexity index is 276. The third-order valence-corrected chi connectivity index (χ3v) is 3.12. The van der Waals surface area contributed by atoms with Gasteiger partial charge in [-0.2, -0.15) is 0 Å². The first-order valence-electron chi connectivity index (χ1n) is 6.60. The number of unbranched alkanes of at least 4 members (excludes halogenated alkanes) is 2. The van der Waals surface area contributed by atoms with Crippen LogP contribution in [-0.2, 0) is 6.42 Å². The molecule has 0 heterocycles. The average Bonchev–Trinajstić information content (AvgIpc) is 2.34. The molecule has 1 rings (SSSR count). The van der Waals surface area contributed by atoms with Gasteiger partial charge in [0, 0.05) is 6.04 Å². The van der Waals surface area contributed by atoms with Gasteiger partial charge in [-0.15, -0.1) is 0 Å². The Morgan fingerprint density at radius 3 is 2.31 bits per heavy atom. The van der Waals surface area contributed by atoms with Gasteiger partial charge in [-0.05, 0) is 37.4 Å². The number of benzene rings is 1. The predicted octanol–water partition coefficient (Wildman–Crippen LogP) is 4.09. The van der Waals surface area contributed by atoms with Crippen LogP contribution in [0.15, 0.2) is 24.3 Å². The van der Waals surface area contributed by atoms with Crippen molar-refractivity contribution < 1.29 is 0 Å². The van der Waals surface area contributed by atoms with Crippen LogP contribution in [0.2, 0.25) is 0 Å². The smallest absolute Gasteiger partial charge is 0.0291 e. The molecule has 1 heteroatoms. The molecule has 0 saturated carbocycles. The summed E-state index contributed by atoms with van der Waals surface area (Å²) in [5.74, 6) is 0. The average molecular weight is 219 g/mol. The first-order chi connectivity index (χ1) is 7.77. The lowest BCUT2D eigenvalue weighted by molar-refractivity contribution is 0.544. The molecule has 0 amide bonds. The second-order valence-electron chi connectivity index (χ2n) is 4.48. The molecule has 90 valence electrons. The Morgan fingerprint density at radius 1 is 1.06 bits per heavy atom. The highest BCUT2D eigenvalue weighted by atomic mass is 14.9. The van der Waals surface area contributed by atoms with E-state index >= 15 is 0 Å². The van der Waals surface area contributed by atoms with E-state index in [1.807, 2.05) is 0 Å². The molecule has 0 spiro atoms. The van der Waals surface area contributed by atoms with E-state index in [9.17, 15) is 0 Å². The molecule has 1 N–H and O–H groups in total. The Morgan fingerprint density at radius 2 is 1.75 bits per heavy atom. The van der Waals surface area contributed by atoms with Crippen molar-refractivity contribution in [1.82, 2.24) is 5.32 Å². The molecule has 0 bridgehead atoms. The van der Waals surface area contributed by atoms with Crippen LogP contribution in [0.4, 0.5) is 0 Å². The maximum absolute atomic E-state index is 3.57. The predicted molar refractivity (Wildman–Crippen MR) is 71.8 cm³/mol. The van der Waals surface area contributed by atoms with Crippen LogP contribution in [0, 0.1) is 0 Å². The monoisotopic (exact) mass is 219 g/mol. The van der Waals surface area contributed by atoms with E-state index in [2.05, 4.69) is 50.4 Å². The molecule has 16 heavy (non-hydrogen) atoms. The van der Waals surface area contributed by atoms with E-state index in [1.54, 1.807) is 0 Å². The minimum absolute atomic E-state index is 0.475. The molecule has 1 nitrogen and oxygen atoms in total. The van der Waals surface area contributed by atoms with Gasteiger partial charge in [0.1, 0.15) is 0 Å². The van der Waals surface area contributed by atoms with Crippen molar-refractivity contribution in [3.05, 3.63) is 35.4 Å². The Hall–Kier alpha value is -0.820. The van der Waals surface area contributed by atoms with Crippen LogP contribution >= 0.6 is 0 Å². The number of hydrogen-bond acceptors (Lipinski definition) is 1. The first kappa shape index (κ1) is 13.2. The summed E-state index contributed by atoms with van der Waals surface area (Å²) in [4.78, 5) is 0. The van der Waals surface area contributed by atoms with Gasteiger partial charge in [-0.1, -0.05) is 51.0 Å². The molecule has 0 aliphatic carbocycles. The third kappa shape index (κ3) is 4.36. The molecule has 0 radical (unpaired) electrons. The van der Waals surface area contributed by atoms with Gasteiger partial charge in [0.05, 0.1) is 0 Å². The summed E-state index contributed by atoms with van der Waals surface area (Å²) in [7, 11) is 0. The topological polar surface area (TPSA) is 12.0 Å². The maximum atomic E-state index is 3.57. The SMILES string of the molecule is CCCCCNC(C)c1ccc(CC)cc1. The van der Waals surface area contributed by atoms with E-state index in [-0.39, 0.29) is 0 Å². The van der Waals surface area contributed by atoms with Crippen molar-refractivity contribution >= 4 is 0 Å². The maximum Gasteiger partial charge on any atom is 0.0291 e. The molecule has 0 aliphatic rings. The van der Waals surface area contributed by atoms with E-state index < -0.39 is 0 Å². The number of rotatable bonds is 7. The molecule has 0 aromatic heterocycles. The standard InChI is InChI=1S/C15H25N/c1-4-6-7-12-16-13(3)15-10-8-14(5-2)9-11-15/h8-11,13,16H,4-7,12H2,1-3H3. The largest absolute Gasteiger partial charge is 0.310 e. The molecule has 1 aromatic carbocycles. The lowest BCUT2D eigenvalue weighted by Gasteiger charge is -2.14. The lowest BCUT2D eigenvalue weighted by Crippen LogP contribution is -2.19. The van der Waals surface area contributed by atoms with Crippen molar-refractivity contribution in [3.63, 3.8) is 0 Å². The zero-order valence-corrected chi connectivity index (χ0v) is 10.9. The summed E-state index contributed by atoms with van der Waals surface area (Å²) in [6.07, 6.45) is 5.03. The zero-order valence-electron chi connectivity index (χ0n) is 10.9. The highest BCUT2D eigenvalue weighted by Crippen LogP contribution is 2.13. The minimum atomic E-state index is 0.475. The summed E-state index contributed by atoms with van der Waals surface area (Å²) < 4.78 is 0. The summed E-state index contributed by atoms with van der Waals surface area (Å²) in [5.41, 5.74) is 2.82. The zero-order chi connectivity index (χ0) is 11.8. The summed E-state index contributed by atoms with van der Waals surface area (Å²) in [5, 5.41) is 3.57. The van der Waals surface area contributed by atoms with Crippen LogP contribution in [0.3, 0.4) is 0 Å². The van der Waals surface area contributed by atoms with Gasteiger partial charge in [0.2, 0.25) is 0 Å². The quantitative estimate of drug-likeness (QED) is 0.681. The molecule has 1 atom stereocenters. The fraction of sp³-hybridized carbons (Fsp3) is 0.600. The molecule has 1 unspecified atom stereocenters. The number of nitrogens with one attached hydrogen (secondary N) is 1. The molecular formula is C15H25N.